The number of phenols is 6. The van der Waals surface area contributed by atoms with E-state index >= 15 is 0 Å². The highest BCUT2D eigenvalue weighted by atomic mass is 35.5. The summed E-state index contributed by atoms with van der Waals surface area (Å²) in [6.45, 7) is 13.6. The summed E-state index contributed by atoms with van der Waals surface area (Å²) in [5.41, 5.74) is 10.0. The van der Waals surface area contributed by atoms with Crippen LogP contribution in [0.15, 0.2) is 196 Å². The van der Waals surface area contributed by atoms with E-state index in [1.165, 1.54) is 36.4 Å². The Kier molecular flexibility index (Phi) is 31.6. The molecule has 0 amide bonds. The molecule has 0 spiro atoms. The zero-order valence-electron chi connectivity index (χ0n) is 64.7. The van der Waals surface area contributed by atoms with E-state index in [1.807, 2.05) is 128 Å². The average Bonchev–Trinajstić information content (AvgIpc) is 1.75. The highest BCUT2D eigenvalue weighted by Gasteiger charge is 2.20. The molecule has 10 heterocycles. The number of aryl methyl sites for hydroxylation is 1. The third-order valence-corrected chi connectivity index (χ3v) is 21.5. The summed E-state index contributed by atoms with van der Waals surface area (Å²) in [6, 6.07) is 42.1. The molecule has 10 aromatic heterocycles. The van der Waals surface area contributed by atoms with Crippen molar-refractivity contribution in [3.8, 4) is 45.9 Å². The first-order valence-electron chi connectivity index (χ1n) is 36.4. The third kappa shape index (κ3) is 22.9. The van der Waals surface area contributed by atoms with E-state index in [4.69, 9.17) is 139 Å². The van der Waals surface area contributed by atoms with Crippen molar-refractivity contribution in [2.45, 2.75) is 32.9 Å². The van der Waals surface area contributed by atoms with Gasteiger partial charge in [-0.2, -0.15) is 0 Å². The van der Waals surface area contributed by atoms with Gasteiger partial charge < -0.3 is 65.9 Å². The number of anilines is 2. The van der Waals surface area contributed by atoms with Crippen LogP contribution in [0.1, 0.15) is 41.1 Å². The Hall–Kier alpha value is -10.4. The van der Waals surface area contributed by atoms with E-state index in [1.54, 1.807) is 67.6 Å². The van der Waals surface area contributed by atoms with Gasteiger partial charge in [-0.1, -0.05) is 171 Å². The van der Waals surface area contributed by atoms with Crippen LogP contribution in [0.3, 0.4) is 0 Å². The number of imidazole rings is 2. The number of halogens is 12. The second-order valence-electron chi connectivity index (χ2n) is 26.8. The molecule has 0 fully saturated rings. The molecule has 622 valence electrons. The SMILES string of the molecule is C=C(NCCc1cn(C)cn1)c1ccc2c(Cl)cc(Cl)c(O)c2n1.C=C(NCCc1cnc[nH]1)c1ccc2c(Cl)cc(Cl)c(O)c2n1.CCNCc1ccc2c(Cl)cc(Cl)c(O)c2n1.CN(C)Cc1ccc2c(Cl)cc(Cl)c(O)c2n1.CN(c1ccccn1)c1ccc2c(Cl)cc(Cl)c(O)c2n1.Oc1c(Cl)cc(Cl)c2ccc(-c3ccccn3)nc12. The topological polar surface area (TPSA) is 314 Å². The predicted octanol–water partition coefficient (Wildman–Crippen LogP) is 22.9. The number of aromatic hydroxyl groups is 6. The number of aromatic nitrogens is 12. The van der Waals surface area contributed by atoms with E-state index in [0.717, 1.165) is 53.7 Å². The normalized spacial score (nSPS) is 11.0. The minimum absolute atomic E-state index is 0.0216. The molecule has 0 atom stereocenters. The second-order valence-corrected chi connectivity index (χ2v) is 31.7. The van der Waals surface area contributed by atoms with Gasteiger partial charge >= 0.3 is 0 Å². The maximum absolute atomic E-state index is 10.1. The minimum atomic E-state index is -0.0850. The molecule has 6 aromatic carbocycles. The molecule has 16 rings (SSSR count). The molecule has 0 bridgehead atoms. The number of benzene rings is 6. The van der Waals surface area contributed by atoms with Gasteiger partial charge in [0, 0.05) is 116 Å². The minimum Gasteiger partial charge on any atom is -0.504 e. The van der Waals surface area contributed by atoms with Crippen LogP contribution in [0.25, 0.3) is 88.2 Å². The van der Waals surface area contributed by atoms with Crippen molar-refractivity contribution in [3.05, 3.63) is 291 Å². The molecule has 35 heteroatoms. The van der Waals surface area contributed by atoms with Gasteiger partial charge in [-0.3, -0.25) is 4.98 Å². The quantitative estimate of drug-likeness (QED) is 0.0382. The lowest BCUT2D eigenvalue weighted by Crippen LogP contribution is -2.16. The van der Waals surface area contributed by atoms with Crippen LogP contribution in [0.4, 0.5) is 11.6 Å². The zero-order chi connectivity index (χ0) is 87.0. The van der Waals surface area contributed by atoms with Gasteiger partial charge in [0.15, 0.2) is 34.5 Å². The Morgan fingerprint density at radius 2 is 0.835 bits per heavy atom. The highest BCUT2D eigenvalue weighted by molar-refractivity contribution is 6.43. The molecule has 0 unspecified atom stereocenters. The zero-order valence-corrected chi connectivity index (χ0v) is 73.8. The van der Waals surface area contributed by atoms with E-state index in [9.17, 15) is 30.6 Å². The molecule has 0 aliphatic heterocycles. The van der Waals surface area contributed by atoms with Crippen LogP contribution in [-0.4, -0.2) is 136 Å². The van der Waals surface area contributed by atoms with Gasteiger partial charge in [0.25, 0.3) is 0 Å². The summed E-state index contributed by atoms with van der Waals surface area (Å²) in [5, 5.41) is 77.5. The Bertz CT molecular complexity index is 6460. The smallest absolute Gasteiger partial charge is 0.160 e. The summed E-state index contributed by atoms with van der Waals surface area (Å²) in [6.07, 6.45) is 12.1. The Morgan fingerprint density at radius 3 is 1.26 bits per heavy atom. The molecular weight excluding hydrogens is 1790 g/mol. The van der Waals surface area contributed by atoms with Crippen molar-refractivity contribution in [1.29, 1.82) is 0 Å². The number of nitrogens with zero attached hydrogens (tertiary/aromatic N) is 13. The summed E-state index contributed by atoms with van der Waals surface area (Å²) in [7, 11) is 7.69. The largest absolute Gasteiger partial charge is 0.504 e. The van der Waals surface area contributed by atoms with E-state index in [2.05, 4.69) is 83.9 Å². The molecule has 0 saturated heterocycles. The molecule has 121 heavy (non-hydrogen) atoms. The van der Waals surface area contributed by atoms with E-state index in [0.29, 0.717) is 156 Å². The van der Waals surface area contributed by atoms with Gasteiger partial charge in [-0.25, -0.2) is 44.9 Å². The summed E-state index contributed by atoms with van der Waals surface area (Å²) in [4.78, 5) is 50.0. The standard InChI is InChI=1S/C17H16Cl2N4O.C16H14Cl2N4O.C15H11Cl2N3O.C14H8Cl2N2O.2C12H12Cl2N2O/c1-10(20-6-5-11-8-23(2)9-21-11)15-4-3-12-13(18)7-14(19)17(24)16(12)22-15;1-9(20-5-4-10-7-19-8-21-10)14-3-2-11-12(17)6-13(18)16(23)15(11)22-14;1-20(12-4-2-3-7-18-12)13-6-5-9-10(16)8-11(17)15(21)14(9)19-13;15-9-7-10(16)14(19)13-8(9)4-5-12(18-13)11-3-1-2-6-17-11;1-16(2)6-7-3-4-8-9(13)5-10(14)12(17)11(8)15-7;1-2-15-6-7-3-4-8-9(13)5-10(14)12(17)11(8)16-7/h3-4,7-9,20,24H,1,5-6H2,2H3;2-3,6-8,20,23H,1,4-5H2,(H,19,21);2-8,21H,1H3;1-7,19H;3-5,17H,6H2,1-2H3;3-5,15,17H,2,6H2,1H3. The van der Waals surface area contributed by atoms with Crippen LogP contribution < -0.4 is 20.9 Å². The van der Waals surface area contributed by atoms with Gasteiger partial charge in [0.05, 0.1) is 124 Å². The number of rotatable bonds is 18. The first kappa shape index (κ1) is 91.3. The number of hydrogen-bond acceptors (Lipinski definition) is 21. The van der Waals surface area contributed by atoms with Crippen molar-refractivity contribution in [1.82, 2.24) is 80.2 Å². The van der Waals surface area contributed by atoms with E-state index in [-0.39, 0.29) is 64.6 Å². The maximum Gasteiger partial charge on any atom is 0.160 e. The van der Waals surface area contributed by atoms with E-state index < -0.39 is 0 Å². The summed E-state index contributed by atoms with van der Waals surface area (Å²) in [5.74, 6) is 1.02. The number of hydrogen-bond donors (Lipinski definition) is 10. The molecule has 0 aliphatic rings. The monoisotopic (exact) mass is 1860 g/mol. The molecule has 16 aromatic rings. The fraction of sp³-hybridized carbons (Fsp3) is 0.140. The predicted molar refractivity (Wildman–Crippen MR) is 494 cm³/mol. The van der Waals surface area contributed by atoms with Crippen molar-refractivity contribution in [2.75, 3.05) is 45.7 Å². The Labute approximate surface area is 754 Å². The van der Waals surface area contributed by atoms with Gasteiger partial charge in [0.2, 0.25) is 0 Å². The number of pyridine rings is 8. The molecule has 0 aliphatic carbocycles. The maximum atomic E-state index is 10.1. The molecule has 0 saturated carbocycles. The van der Waals surface area contributed by atoms with Gasteiger partial charge in [0.1, 0.15) is 44.7 Å². The van der Waals surface area contributed by atoms with Crippen LogP contribution in [0.5, 0.6) is 34.5 Å². The lowest BCUT2D eigenvalue weighted by molar-refractivity contribution is 0.397. The van der Waals surface area contributed by atoms with Gasteiger partial charge in [-0.05, 0) is 154 Å². The summed E-state index contributed by atoms with van der Waals surface area (Å²) < 4.78 is 1.91. The first-order valence-corrected chi connectivity index (χ1v) is 41.0. The van der Waals surface area contributed by atoms with Crippen molar-refractivity contribution >= 4 is 228 Å². The Morgan fingerprint density at radius 1 is 0.421 bits per heavy atom. The van der Waals surface area contributed by atoms with Crippen molar-refractivity contribution in [3.63, 3.8) is 0 Å². The van der Waals surface area contributed by atoms with Crippen LogP contribution in [-0.2, 0) is 33.0 Å². The van der Waals surface area contributed by atoms with Crippen LogP contribution in [0.2, 0.25) is 60.3 Å². The van der Waals surface area contributed by atoms with Crippen molar-refractivity contribution in [2.24, 2.45) is 7.05 Å². The second kappa shape index (κ2) is 41.9. The first-order chi connectivity index (χ1) is 57.9. The molecule has 10 N–H and O–H groups in total. The van der Waals surface area contributed by atoms with Crippen LogP contribution in [0, 0.1) is 0 Å². The highest BCUT2D eigenvalue weighted by Crippen LogP contribution is 2.43. The number of nitrogens with one attached hydrogen (secondary N) is 4. The average molecular weight is 1870 g/mol. The third-order valence-electron chi connectivity index (χ3n) is 17.9. The van der Waals surface area contributed by atoms with Crippen LogP contribution >= 0.6 is 139 Å². The number of phenolic OH excluding ortho intramolecular Hbond substituents is 6. The fourth-order valence-electron chi connectivity index (χ4n) is 11.8. The number of fused-ring (bicyclic) bond motifs is 6. The molecule has 23 nitrogen and oxygen atoms in total. The fourth-order valence-corrected chi connectivity index (χ4v) is 14.9. The lowest BCUT2D eigenvalue weighted by atomic mass is 10.1. The number of H-pyrrole nitrogens is 1. The molecule has 0 radical (unpaired) electrons. The lowest BCUT2D eigenvalue weighted by Gasteiger charge is -2.17. The van der Waals surface area contributed by atoms with Crippen molar-refractivity contribution < 1.29 is 30.6 Å². The Balaban J connectivity index is 0.000000142. The van der Waals surface area contributed by atoms with Gasteiger partial charge in [-0.15, -0.1) is 0 Å². The number of aromatic amines is 1. The molecular formula is C86H73Cl12N17O6. The summed E-state index contributed by atoms with van der Waals surface area (Å²) >= 11 is 72.0.